The van der Waals surface area contributed by atoms with Crippen LogP contribution < -0.4 is 10.2 Å². The van der Waals surface area contributed by atoms with Gasteiger partial charge in [0.25, 0.3) is 0 Å². The molecule has 3 heteroatoms. The van der Waals surface area contributed by atoms with Gasteiger partial charge < -0.3 is 4.90 Å². The predicted octanol–water partition coefficient (Wildman–Crippen LogP) is 2.97. The Morgan fingerprint density at radius 3 is 2.44 bits per heavy atom. The number of benzene rings is 1. The van der Waals surface area contributed by atoms with Gasteiger partial charge in [0.2, 0.25) is 0 Å². The molecule has 86 valence electrons. The van der Waals surface area contributed by atoms with Gasteiger partial charge in [-0.1, -0.05) is 15.9 Å². The topological polar surface area (TPSA) is 15.3 Å². The molecular weight excluding hydrogens is 264 g/mol. The van der Waals surface area contributed by atoms with Crippen LogP contribution in [-0.2, 0) is 0 Å². The Morgan fingerprint density at radius 1 is 1.25 bits per heavy atom. The molecule has 0 amide bonds. The van der Waals surface area contributed by atoms with Crippen LogP contribution in [-0.4, -0.2) is 18.8 Å². The zero-order valence-corrected chi connectivity index (χ0v) is 11.4. The zero-order chi connectivity index (χ0) is 11.3. The number of anilines is 1. The lowest BCUT2D eigenvalue weighted by molar-refractivity contribution is 0.705. The first kappa shape index (κ1) is 10.6. The molecule has 2 fully saturated rings. The molecule has 1 aromatic rings. The van der Waals surface area contributed by atoms with Crippen molar-refractivity contribution in [1.29, 1.82) is 0 Å². The van der Waals surface area contributed by atoms with Crippen LogP contribution >= 0.6 is 15.9 Å². The average Bonchev–Trinajstić information content (AvgIpc) is 2.87. The predicted molar refractivity (Wildman–Crippen MR) is 70.9 cm³/mol. The Morgan fingerprint density at radius 2 is 1.88 bits per heavy atom. The summed E-state index contributed by atoms with van der Waals surface area (Å²) < 4.78 is 1.24. The molecule has 3 rings (SSSR count). The van der Waals surface area contributed by atoms with Crippen molar-refractivity contribution in [3.8, 4) is 0 Å². The van der Waals surface area contributed by atoms with Crippen LogP contribution in [0.3, 0.4) is 0 Å². The minimum atomic E-state index is 0.451. The van der Waals surface area contributed by atoms with Gasteiger partial charge in [-0.25, -0.2) is 0 Å². The molecule has 1 aromatic carbocycles. The highest BCUT2D eigenvalue weighted by Gasteiger charge is 2.51. The molecule has 1 aliphatic heterocycles. The lowest BCUT2D eigenvalue weighted by atomic mass is 10.1. The second-order valence-electron chi connectivity index (χ2n) is 5.13. The average molecular weight is 281 g/mol. The first-order valence-electron chi connectivity index (χ1n) is 5.87. The van der Waals surface area contributed by atoms with E-state index in [1.165, 1.54) is 34.1 Å². The summed E-state index contributed by atoms with van der Waals surface area (Å²) in [5, 5.41) is 3.49. The van der Waals surface area contributed by atoms with Gasteiger partial charge in [-0.15, -0.1) is 0 Å². The molecule has 2 nitrogen and oxygen atoms in total. The maximum Gasteiger partial charge on any atom is 0.0689 e. The molecule has 0 aromatic heterocycles. The molecule has 1 N–H and O–H groups in total. The normalized spacial score (nSPS) is 21.8. The SMILES string of the molecule is Cc1cc(N2CNCC23CC3)cc(C)c1Br. The van der Waals surface area contributed by atoms with E-state index in [1.807, 2.05) is 0 Å². The van der Waals surface area contributed by atoms with E-state index in [1.54, 1.807) is 0 Å². The molecule has 1 heterocycles. The fourth-order valence-electron chi connectivity index (χ4n) is 2.70. The minimum absolute atomic E-state index is 0.451. The first-order valence-corrected chi connectivity index (χ1v) is 6.67. The molecule has 0 atom stereocenters. The molecule has 1 saturated carbocycles. The fourth-order valence-corrected chi connectivity index (χ4v) is 2.93. The van der Waals surface area contributed by atoms with Crippen LogP contribution in [0.25, 0.3) is 0 Å². The molecule has 16 heavy (non-hydrogen) atoms. The van der Waals surface area contributed by atoms with Crippen LogP contribution in [0.1, 0.15) is 24.0 Å². The Kier molecular flexibility index (Phi) is 2.30. The fraction of sp³-hybridized carbons (Fsp3) is 0.538. The van der Waals surface area contributed by atoms with E-state index in [9.17, 15) is 0 Å². The van der Waals surface area contributed by atoms with Gasteiger partial charge in [0.05, 0.1) is 12.2 Å². The number of hydrogen-bond donors (Lipinski definition) is 1. The highest BCUT2D eigenvalue weighted by atomic mass is 79.9. The van der Waals surface area contributed by atoms with Crippen molar-refractivity contribution < 1.29 is 0 Å². The van der Waals surface area contributed by atoms with Crippen LogP contribution in [0.2, 0.25) is 0 Å². The van der Waals surface area contributed by atoms with Gasteiger partial charge in [-0.05, 0) is 49.9 Å². The Labute approximate surface area is 105 Å². The molecule has 2 aliphatic rings. The van der Waals surface area contributed by atoms with Crippen LogP contribution in [0, 0.1) is 13.8 Å². The monoisotopic (exact) mass is 280 g/mol. The molecule has 0 radical (unpaired) electrons. The summed E-state index contributed by atoms with van der Waals surface area (Å²) in [4.78, 5) is 2.54. The van der Waals surface area contributed by atoms with Gasteiger partial charge in [0, 0.05) is 16.7 Å². The number of nitrogens with one attached hydrogen (secondary N) is 1. The summed E-state index contributed by atoms with van der Waals surface area (Å²) in [5.41, 5.74) is 4.49. The maximum atomic E-state index is 3.63. The van der Waals surface area contributed by atoms with Gasteiger partial charge in [0.15, 0.2) is 0 Å². The van der Waals surface area contributed by atoms with Crippen LogP contribution in [0.5, 0.6) is 0 Å². The Balaban J connectivity index is 2.01. The molecule has 1 aliphatic carbocycles. The van der Waals surface area contributed by atoms with E-state index in [-0.39, 0.29) is 0 Å². The second kappa shape index (κ2) is 3.47. The van der Waals surface area contributed by atoms with Crippen LogP contribution in [0.15, 0.2) is 16.6 Å². The van der Waals surface area contributed by atoms with Crippen LogP contribution in [0.4, 0.5) is 5.69 Å². The highest BCUT2D eigenvalue weighted by Crippen LogP contribution is 2.46. The lowest BCUT2D eigenvalue weighted by Gasteiger charge is -2.26. The van der Waals surface area contributed by atoms with Gasteiger partial charge in [0.1, 0.15) is 0 Å². The summed E-state index contributed by atoms with van der Waals surface area (Å²) in [6.45, 7) is 6.50. The van der Waals surface area contributed by atoms with E-state index in [4.69, 9.17) is 0 Å². The Hall–Kier alpha value is -0.540. The third-order valence-corrected chi connectivity index (χ3v) is 5.11. The number of rotatable bonds is 1. The Bertz CT molecular complexity index is 415. The van der Waals surface area contributed by atoms with Crippen molar-refractivity contribution in [3.63, 3.8) is 0 Å². The summed E-state index contributed by atoms with van der Waals surface area (Å²) in [6, 6.07) is 4.59. The minimum Gasteiger partial charge on any atom is -0.352 e. The summed E-state index contributed by atoms with van der Waals surface area (Å²) >= 11 is 3.63. The van der Waals surface area contributed by atoms with Crippen molar-refractivity contribution in [1.82, 2.24) is 5.32 Å². The van der Waals surface area contributed by atoms with E-state index < -0.39 is 0 Å². The van der Waals surface area contributed by atoms with Gasteiger partial charge in [-0.2, -0.15) is 0 Å². The highest BCUT2D eigenvalue weighted by molar-refractivity contribution is 9.10. The lowest BCUT2D eigenvalue weighted by Crippen LogP contribution is -2.32. The second-order valence-corrected chi connectivity index (χ2v) is 5.92. The van der Waals surface area contributed by atoms with Gasteiger partial charge >= 0.3 is 0 Å². The van der Waals surface area contributed by atoms with Gasteiger partial charge in [-0.3, -0.25) is 5.32 Å². The summed E-state index contributed by atoms with van der Waals surface area (Å²) in [6.07, 6.45) is 2.68. The molecule has 0 bridgehead atoms. The first-order chi connectivity index (χ1) is 7.62. The zero-order valence-electron chi connectivity index (χ0n) is 9.81. The third kappa shape index (κ3) is 1.49. The maximum absolute atomic E-state index is 3.63. The molecule has 0 unspecified atom stereocenters. The van der Waals surface area contributed by atoms with Crippen molar-refractivity contribution in [3.05, 3.63) is 27.7 Å². The van der Waals surface area contributed by atoms with E-state index >= 15 is 0 Å². The van der Waals surface area contributed by atoms with Crippen molar-refractivity contribution >= 4 is 21.6 Å². The van der Waals surface area contributed by atoms with E-state index in [2.05, 4.69) is 52.1 Å². The van der Waals surface area contributed by atoms with E-state index in [0.29, 0.717) is 5.54 Å². The number of nitrogens with zero attached hydrogens (tertiary/aromatic N) is 1. The standard InChI is InChI=1S/C13H17BrN2/c1-9-5-11(6-10(2)12(9)14)16-8-15-7-13(16)3-4-13/h5-6,15H,3-4,7-8H2,1-2H3. The van der Waals surface area contributed by atoms with Crippen molar-refractivity contribution in [2.75, 3.05) is 18.1 Å². The number of halogens is 1. The summed E-state index contributed by atoms with van der Waals surface area (Å²) in [7, 11) is 0. The number of aryl methyl sites for hydroxylation is 2. The molecule has 1 saturated heterocycles. The van der Waals surface area contributed by atoms with E-state index in [0.717, 1.165) is 13.2 Å². The quantitative estimate of drug-likeness (QED) is 0.851. The number of hydrogen-bond acceptors (Lipinski definition) is 2. The summed E-state index contributed by atoms with van der Waals surface area (Å²) in [5.74, 6) is 0. The molecular formula is C13H17BrN2. The third-order valence-electron chi connectivity index (χ3n) is 3.86. The largest absolute Gasteiger partial charge is 0.352 e. The smallest absolute Gasteiger partial charge is 0.0689 e. The molecule has 1 spiro atoms. The van der Waals surface area contributed by atoms with Crippen molar-refractivity contribution in [2.45, 2.75) is 32.2 Å². The van der Waals surface area contributed by atoms with Crippen molar-refractivity contribution in [2.24, 2.45) is 0 Å².